The fourth-order valence-electron chi connectivity index (χ4n) is 3.14. The number of hydrogen-bond donors (Lipinski definition) is 3. The highest BCUT2D eigenvalue weighted by Gasteiger charge is 2.26. The predicted octanol–water partition coefficient (Wildman–Crippen LogP) is 0.541. The van der Waals surface area contributed by atoms with Crippen molar-refractivity contribution >= 4 is 10.9 Å². The van der Waals surface area contributed by atoms with Gasteiger partial charge in [-0.05, 0) is 39.0 Å². The van der Waals surface area contributed by atoms with E-state index in [1.807, 2.05) is 18.0 Å². The van der Waals surface area contributed by atoms with E-state index in [1.54, 1.807) is 19.4 Å². The Morgan fingerprint density at radius 2 is 2.14 bits per heavy atom. The Morgan fingerprint density at radius 3 is 2.86 bits per heavy atom. The summed E-state index contributed by atoms with van der Waals surface area (Å²) in [5.74, 6) is 0. The van der Waals surface area contributed by atoms with Crippen molar-refractivity contribution in [1.82, 2.24) is 19.8 Å². The van der Waals surface area contributed by atoms with E-state index in [0.717, 1.165) is 36.9 Å². The SMILES string of the molecule is CN(C1CCNCC1)C(O)c1cn(C)c(=O)c2[nH]ccc12. The van der Waals surface area contributed by atoms with Gasteiger partial charge < -0.3 is 20.0 Å². The van der Waals surface area contributed by atoms with Crippen molar-refractivity contribution < 1.29 is 5.11 Å². The molecule has 2 aromatic heterocycles. The molecule has 3 heterocycles. The van der Waals surface area contributed by atoms with Gasteiger partial charge in [-0.3, -0.25) is 9.69 Å². The standard InChI is InChI=1S/C15H22N4O2/c1-18-9-12(11-5-8-17-13(11)15(18)21)14(20)19(2)10-3-6-16-7-4-10/h5,8-10,14,16-17,20H,3-4,6-7H2,1-2H3. The van der Waals surface area contributed by atoms with Gasteiger partial charge in [0.05, 0.1) is 0 Å². The summed E-state index contributed by atoms with van der Waals surface area (Å²) in [6.07, 6.45) is 4.82. The van der Waals surface area contributed by atoms with Gasteiger partial charge in [0, 0.05) is 36.4 Å². The van der Waals surface area contributed by atoms with E-state index >= 15 is 0 Å². The van der Waals surface area contributed by atoms with E-state index in [1.165, 1.54) is 4.57 Å². The van der Waals surface area contributed by atoms with Gasteiger partial charge in [-0.15, -0.1) is 0 Å². The van der Waals surface area contributed by atoms with Crippen LogP contribution < -0.4 is 10.9 Å². The number of nitrogens with zero attached hydrogens (tertiary/aromatic N) is 2. The lowest BCUT2D eigenvalue weighted by atomic mass is 10.0. The van der Waals surface area contributed by atoms with E-state index in [0.29, 0.717) is 11.6 Å². The number of nitrogens with one attached hydrogen (secondary N) is 2. The van der Waals surface area contributed by atoms with Crippen LogP contribution in [0.25, 0.3) is 10.9 Å². The molecule has 2 aromatic rings. The highest BCUT2D eigenvalue weighted by atomic mass is 16.3. The molecule has 1 atom stereocenters. The summed E-state index contributed by atoms with van der Waals surface area (Å²) in [5.41, 5.74) is 1.25. The highest BCUT2D eigenvalue weighted by Crippen LogP contribution is 2.26. The van der Waals surface area contributed by atoms with E-state index in [4.69, 9.17) is 0 Å². The maximum Gasteiger partial charge on any atom is 0.274 e. The molecule has 0 amide bonds. The van der Waals surface area contributed by atoms with Gasteiger partial charge in [-0.25, -0.2) is 0 Å². The zero-order valence-electron chi connectivity index (χ0n) is 12.5. The number of H-pyrrole nitrogens is 1. The molecule has 1 fully saturated rings. The number of aromatic nitrogens is 2. The van der Waals surface area contributed by atoms with Crippen LogP contribution >= 0.6 is 0 Å². The number of pyridine rings is 1. The van der Waals surface area contributed by atoms with Crippen LogP contribution in [0, 0.1) is 0 Å². The number of rotatable bonds is 3. The Hall–Kier alpha value is -1.63. The Labute approximate surface area is 123 Å². The fourth-order valence-corrected chi connectivity index (χ4v) is 3.14. The lowest BCUT2D eigenvalue weighted by molar-refractivity contribution is -0.0153. The number of fused-ring (bicyclic) bond motifs is 1. The van der Waals surface area contributed by atoms with Crippen molar-refractivity contribution in [2.24, 2.45) is 7.05 Å². The first-order chi connectivity index (χ1) is 10.1. The van der Waals surface area contributed by atoms with Crippen molar-refractivity contribution in [2.75, 3.05) is 20.1 Å². The molecule has 0 saturated carbocycles. The summed E-state index contributed by atoms with van der Waals surface area (Å²) in [7, 11) is 3.66. The fraction of sp³-hybridized carbons (Fsp3) is 0.533. The molecular weight excluding hydrogens is 268 g/mol. The summed E-state index contributed by atoms with van der Waals surface area (Å²) in [6, 6.07) is 2.21. The molecule has 1 aliphatic heterocycles. The first kappa shape index (κ1) is 14.3. The summed E-state index contributed by atoms with van der Waals surface area (Å²) in [4.78, 5) is 17.0. The molecule has 0 aromatic carbocycles. The average molecular weight is 290 g/mol. The van der Waals surface area contributed by atoms with Gasteiger partial charge in [-0.1, -0.05) is 0 Å². The van der Waals surface area contributed by atoms with E-state index in [9.17, 15) is 9.90 Å². The van der Waals surface area contributed by atoms with E-state index in [2.05, 4.69) is 10.3 Å². The summed E-state index contributed by atoms with van der Waals surface area (Å²) >= 11 is 0. The molecule has 0 aliphatic carbocycles. The smallest absolute Gasteiger partial charge is 0.274 e. The van der Waals surface area contributed by atoms with Gasteiger partial charge in [0.25, 0.3) is 5.56 Å². The van der Waals surface area contributed by atoms with Gasteiger partial charge in [0.2, 0.25) is 0 Å². The quantitative estimate of drug-likeness (QED) is 0.722. The number of aryl methyl sites for hydroxylation is 1. The van der Waals surface area contributed by atoms with Crippen LogP contribution in [0.15, 0.2) is 23.3 Å². The van der Waals surface area contributed by atoms with Crippen molar-refractivity contribution in [3.63, 3.8) is 0 Å². The molecule has 1 unspecified atom stereocenters. The third-order valence-electron chi connectivity index (χ3n) is 4.47. The Morgan fingerprint density at radius 1 is 1.43 bits per heavy atom. The lowest BCUT2D eigenvalue weighted by Crippen LogP contribution is -2.43. The summed E-state index contributed by atoms with van der Waals surface area (Å²) < 4.78 is 1.52. The van der Waals surface area contributed by atoms with Crippen LogP contribution in [0.4, 0.5) is 0 Å². The zero-order chi connectivity index (χ0) is 15.0. The van der Waals surface area contributed by atoms with Crippen LogP contribution in [0.3, 0.4) is 0 Å². The second-order valence-corrected chi connectivity index (χ2v) is 5.79. The minimum absolute atomic E-state index is 0.0736. The number of hydrogen-bond acceptors (Lipinski definition) is 4. The molecule has 0 bridgehead atoms. The third-order valence-corrected chi connectivity index (χ3v) is 4.47. The second-order valence-electron chi connectivity index (χ2n) is 5.79. The monoisotopic (exact) mass is 290 g/mol. The van der Waals surface area contributed by atoms with Crippen LogP contribution in [0.5, 0.6) is 0 Å². The van der Waals surface area contributed by atoms with Crippen LogP contribution in [-0.2, 0) is 7.05 Å². The molecule has 0 spiro atoms. The van der Waals surface area contributed by atoms with Crippen molar-refractivity contribution in [2.45, 2.75) is 25.1 Å². The summed E-state index contributed by atoms with van der Waals surface area (Å²) in [5, 5.41) is 14.9. The van der Waals surface area contributed by atoms with Crippen LogP contribution in [0.2, 0.25) is 0 Å². The molecule has 3 N–H and O–H groups in total. The van der Waals surface area contributed by atoms with E-state index in [-0.39, 0.29) is 5.56 Å². The van der Waals surface area contributed by atoms with Crippen molar-refractivity contribution in [3.8, 4) is 0 Å². The summed E-state index contributed by atoms with van der Waals surface area (Å²) in [6.45, 7) is 1.96. The Kier molecular flexibility index (Phi) is 3.84. The maximum absolute atomic E-state index is 12.1. The minimum atomic E-state index is -0.710. The van der Waals surface area contributed by atoms with E-state index < -0.39 is 6.23 Å². The minimum Gasteiger partial charge on any atom is -0.374 e. The molecule has 21 heavy (non-hydrogen) atoms. The number of aliphatic hydroxyl groups is 1. The third kappa shape index (κ3) is 2.50. The first-order valence-corrected chi connectivity index (χ1v) is 7.37. The van der Waals surface area contributed by atoms with Crippen molar-refractivity contribution in [3.05, 3.63) is 34.4 Å². The van der Waals surface area contributed by atoms with Crippen LogP contribution in [-0.4, -0.2) is 45.7 Å². The van der Waals surface area contributed by atoms with Gasteiger partial charge in [-0.2, -0.15) is 0 Å². The first-order valence-electron chi connectivity index (χ1n) is 7.37. The van der Waals surface area contributed by atoms with Gasteiger partial charge in [0.15, 0.2) is 0 Å². The predicted molar refractivity (Wildman–Crippen MR) is 82.2 cm³/mol. The topological polar surface area (TPSA) is 73.3 Å². The molecule has 1 saturated heterocycles. The van der Waals surface area contributed by atoms with Crippen LogP contribution in [0.1, 0.15) is 24.6 Å². The Balaban J connectivity index is 1.97. The number of piperidine rings is 1. The lowest BCUT2D eigenvalue weighted by Gasteiger charge is -2.35. The van der Waals surface area contributed by atoms with Crippen molar-refractivity contribution in [1.29, 1.82) is 0 Å². The second kappa shape index (κ2) is 5.63. The molecule has 6 nitrogen and oxygen atoms in total. The van der Waals surface area contributed by atoms with Gasteiger partial charge >= 0.3 is 0 Å². The normalized spacial score (nSPS) is 18.5. The maximum atomic E-state index is 12.1. The molecule has 114 valence electrons. The van der Waals surface area contributed by atoms with Gasteiger partial charge in [0.1, 0.15) is 11.7 Å². The largest absolute Gasteiger partial charge is 0.374 e. The molecule has 6 heteroatoms. The Bertz CT molecular complexity index is 685. The zero-order valence-corrected chi connectivity index (χ0v) is 12.5. The molecule has 3 rings (SSSR count). The number of aliphatic hydroxyl groups excluding tert-OH is 1. The molecular formula is C15H22N4O2. The average Bonchev–Trinajstić information content (AvgIpc) is 3.00. The molecule has 1 aliphatic rings. The molecule has 0 radical (unpaired) electrons. The highest BCUT2D eigenvalue weighted by molar-refractivity contribution is 5.82. The number of aromatic amines is 1.